The molecule has 1 amide bonds. The van der Waals surface area contributed by atoms with Crippen molar-refractivity contribution in [3.8, 4) is 6.07 Å². The normalized spacial score (nSPS) is 16.0. The minimum atomic E-state index is -0.348. The van der Waals surface area contributed by atoms with Crippen molar-refractivity contribution in [1.29, 1.82) is 5.26 Å². The molecule has 0 bridgehead atoms. The van der Waals surface area contributed by atoms with Crippen LogP contribution in [-0.2, 0) is 11.2 Å². The summed E-state index contributed by atoms with van der Waals surface area (Å²) < 4.78 is 0. The van der Waals surface area contributed by atoms with Crippen LogP contribution in [0.5, 0.6) is 0 Å². The maximum absolute atomic E-state index is 11.8. The Morgan fingerprint density at radius 3 is 2.65 bits per heavy atom. The van der Waals surface area contributed by atoms with Gasteiger partial charge in [-0.3, -0.25) is 4.79 Å². The Morgan fingerprint density at radius 2 is 2.04 bits per heavy atom. The molecule has 0 saturated carbocycles. The molecule has 1 heterocycles. The van der Waals surface area contributed by atoms with E-state index in [2.05, 4.69) is 34.5 Å². The lowest BCUT2D eigenvalue weighted by Crippen LogP contribution is -2.33. The monoisotopic (exact) mass is 331 g/mol. The molecule has 2 rings (SSSR count). The zero-order valence-corrected chi connectivity index (χ0v) is 13.9. The highest BCUT2D eigenvalue weighted by Crippen LogP contribution is 2.22. The number of rotatable bonds is 6. The molecule has 122 valence electrons. The van der Waals surface area contributed by atoms with Crippen LogP contribution in [0.25, 0.3) is 0 Å². The standard InChI is InChI=1S/C18H22ClN3O/c19-8-9-21-18(23)17(13-20)14-22-10-6-16(7-11-22)12-15-4-2-1-3-5-15/h1-5,14,16H,6-12H2,(H,21,23)/b17-14-. The fourth-order valence-electron chi connectivity index (χ4n) is 2.81. The predicted molar refractivity (Wildman–Crippen MR) is 91.9 cm³/mol. The number of nitrogens with one attached hydrogen (secondary N) is 1. The van der Waals surface area contributed by atoms with E-state index in [1.807, 2.05) is 12.1 Å². The van der Waals surface area contributed by atoms with Crippen molar-refractivity contribution < 1.29 is 4.79 Å². The van der Waals surface area contributed by atoms with Gasteiger partial charge in [0.25, 0.3) is 5.91 Å². The molecule has 0 aliphatic carbocycles. The number of hydrogen-bond donors (Lipinski definition) is 1. The number of likely N-dealkylation sites (tertiary alicyclic amines) is 1. The number of halogens is 1. The molecule has 0 radical (unpaired) electrons. The average Bonchev–Trinajstić information content (AvgIpc) is 2.60. The highest BCUT2D eigenvalue weighted by molar-refractivity contribution is 6.18. The SMILES string of the molecule is N#C/C(=C/N1CCC(Cc2ccccc2)CC1)C(=O)NCCCl. The van der Waals surface area contributed by atoms with Crippen LogP contribution in [0.3, 0.4) is 0 Å². The molecule has 1 saturated heterocycles. The van der Waals surface area contributed by atoms with Crippen molar-refractivity contribution in [2.24, 2.45) is 5.92 Å². The second-order valence-corrected chi connectivity index (χ2v) is 6.15. The van der Waals surface area contributed by atoms with Crippen molar-refractivity contribution in [3.63, 3.8) is 0 Å². The Labute approximate surface area is 142 Å². The largest absolute Gasteiger partial charge is 0.376 e. The fraction of sp³-hybridized carbons (Fsp3) is 0.444. The van der Waals surface area contributed by atoms with Crippen LogP contribution >= 0.6 is 11.6 Å². The molecule has 1 aliphatic rings. The van der Waals surface area contributed by atoms with Crippen LogP contribution in [0.2, 0.25) is 0 Å². The van der Waals surface area contributed by atoms with E-state index in [1.54, 1.807) is 6.20 Å². The van der Waals surface area contributed by atoms with Crippen molar-refractivity contribution in [2.45, 2.75) is 19.3 Å². The van der Waals surface area contributed by atoms with Gasteiger partial charge >= 0.3 is 0 Å². The third kappa shape index (κ3) is 5.61. The summed E-state index contributed by atoms with van der Waals surface area (Å²) in [5, 5.41) is 11.8. The Balaban J connectivity index is 1.84. The van der Waals surface area contributed by atoms with E-state index in [1.165, 1.54) is 5.56 Å². The van der Waals surface area contributed by atoms with E-state index < -0.39 is 0 Å². The number of hydrogen-bond acceptors (Lipinski definition) is 3. The van der Waals surface area contributed by atoms with Gasteiger partial charge in [0.1, 0.15) is 11.6 Å². The third-order valence-corrected chi connectivity index (χ3v) is 4.26. The lowest BCUT2D eigenvalue weighted by Gasteiger charge is -2.31. The van der Waals surface area contributed by atoms with Crippen LogP contribution in [0.4, 0.5) is 0 Å². The van der Waals surface area contributed by atoms with E-state index in [0.29, 0.717) is 18.3 Å². The molecular formula is C18H22ClN3O. The van der Waals surface area contributed by atoms with Crippen LogP contribution in [0.15, 0.2) is 42.1 Å². The second-order valence-electron chi connectivity index (χ2n) is 5.77. The summed E-state index contributed by atoms with van der Waals surface area (Å²) in [6.45, 7) is 2.13. The van der Waals surface area contributed by atoms with Gasteiger partial charge in [-0.05, 0) is 30.7 Å². The van der Waals surface area contributed by atoms with Crippen LogP contribution in [0.1, 0.15) is 18.4 Å². The van der Waals surface area contributed by atoms with Crippen molar-refractivity contribution in [2.75, 3.05) is 25.5 Å². The van der Waals surface area contributed by atoms with Crippen LogP contribution < -0.4 is 5.32 Å². The van der Waals surface area contributed by atoms with Crippen LogP contribution in [0, 0.1) is 17.2 Å². The van der Waals surface area contributed by atoms with Gasteiger partial charge in [0.15, 0.2) is 0 Å². The zero-order chi connectivity index (χ0) is 16.5. The maximum atomic E-state index is 11.8. The van der Waals surface area contributed by atoms with Crippen molar-refractivity contribution in [3.05, 3.63) is 47.7 Å². The van der Waals surface area contributed by atoms with Crippen molar-refractivity contribution >= 4 is 17.5 Å². The molecule has 0 unspecified atom stereocenters. The van der Waals surface area contributed by atoms with E-state index in [9.17, 15) is 4.79 Å². The van der Waals surface area contributed by atoms with Gasteiger partial charge in [0, 0.05) is 31.7 Å². The Kier molecular flexibility index (Phi) is 6.96. The summed E-state index contributed by atoms with van der Waals surface area (Å²) in [5.74, 6) is 0.659. The fourth-order valence-corrected chi connectivity index (χ4v) is 2.90. The van der Waals surface area contributed by atoms with Gasteiger partial charge in [-0.15, -0.1) is 11.6 Å². The number of alkyl halides is 1. The summed E-state index contributed by atoms with van der Waals surface area (Å²) in [7, 11) is 0. The molecule has 1 aliphatic heterocycles. The Bertz CT molecular complexity index is 572. The minimum absolute atomic E-state index is 0.150. The van der Waals surface area contributed by atoms with Gasteiger partial charge in [-0.2, -0.15) is 5.26 Å². The van der Waals surface area contributed by atoms with Gasteiger partial charge < -0.3 is 10.2 Å². The number of amides is 1. The lowest BCUT2D eigenvalue weighted by atomic mass is 9.90. The number of carbonyl (C=O) groups is 1. The lowest BCUT2D eigenvalue weighted by molar-refractivity contribution is -0.117. The quantitative estimate of drug-likeness (QED) is 0.495. The first kappa shape index (κ1) is 17.4. The summed E-state index contributed by atoms with van der Waals surface area (Å²) in [4.78, 5) is 13.9. The first-order chi connectivity index (χ1) is 11.2. The molecule has 1 fully saturated rings. The highest BCUT2D eigenvalue weighted by atomic mass is 35.5. The van der Waals surface area contributed by atoms with Gasteiger partial charge in [-0.25, -0.2) is 0 Å². The smallest absolute Gasteiger partial charge is 0.263 e. The maximum Gasteiger partial charge on any atom is 0.263 e. The number of nitriles is 1. The summed E-state index contributed by atoms with van der Waals surface area (Å²) in [6.07, 6.45) is 4.93. The Morgan fingerprint density at radius 1 is 1.35 bits per heavy atom. The number of nitrogens with zero attached hydrogens (tertiary/aromatic N) is 2. The van der Waals surface area contributed by atoms with E-state index in [0.717, 1.165) is 32.4 Å². The molecule has 5 heteroatoms. The summed E-state index contributed by atoms with van der Waals surface area (Å²) in [6, 6.07) is 12.5. The number of piperidine rings is 1. The predicted octanol–water partition coefficient (Wildman–Crippen LogP) is 2.70. The minimum Gasteiger partial charge on any atom is -0.376 e. The second kappa shape index (κ2) is 9.22. The molecule has 23 heavy (non-hydrogen) atoms. The topological polar surface area (TPSA) is 56.1 Å². The average molecular weight is 332 g/mol. The molecule has 0 atom stereocenters. The van der Waals surface area contributed by atoms with Crippen molar-refractivity contribution in [1.82, 2.24) is 10.2 Å². The van der Waals surface area contributed by atoms with E-state index >= 15 is 0 Å². The number of benzene rings is 1. The molecule has 0 spiro atoms. The number of carbonyl (C=O) groups excluding carboxylic acids is 1. The molecule has 0 aromatic heterocycles. The molecular weight excluding hydrogens is 310 g/mol. The molecule has 1 N–H and O–H groups in total. The highest BCUT2D eigenvalue weighted by Gasteiger charge is 2.19. The third-order valence-electron chi connectivity index (χ3n) is 4.07. The molecule has 1 aromatic carbocycles. The molecule has 1 aromatic rings. The first-order valence-corrected chi connectivity index (χ1v) is 8.50. The van der Waals surface area contributed by atoms with E-state index in [-0.39, 0.29) is 11.5 Å². The zero-order valence-electron chi connectivity index (χ0n) is 13.2. The Hall–Kier alpha value is -1.99. The molecule has 4 nitrogen and oxygen atoms in total. The van der Waals surface area contributed by atoms with Crippen LogP contribution in [-0.4, -0.2) is 36.3 Å². The van der Waals surface area contributed by atoms with Gasteiger partial charge in [0.05, 0.1) is 0 Å². The summed E-state index contributed by atoms with van der Waals surface area (Å²) >= 11 is 5.54. The van der Waals surface area contributed by atoms with E-state index in [4.69, 9.17) is 16.9 Å². The van der Waals surface area contributed by atoms with Gasteiger partial charge in [-0.1, -0.05) is 30.3 Å². The van der Waals surface area contributed by atoms with Gasteiger partial charge in [0.2, 0.25) is 0 Å². The first-order valence-electron chi connectivity index (χ1n) is 7.97. The summed E-state index contributed by atoms with van der Waals surface area (Å²) in [5.41, 5.74) is 1.52.